The molecule has 8 heteroatoms. The van der Waals surface area contributed by atoms with E-state index in [1.165, 1.54) is 31.2 Å². The molecule has 30 heavy (non-hydrogen) atoms. The number of fused-ring (bicyclic) bond motifs is 1. The number of nitrogens with one attached hydrogen (secondary N) is 1. The van der Waals surface area contributed by atoms with Gasteiger partial charge in [-0.3, -0.25) is 0 Å². The van der Waals surface area contributed by atoms with Gasteiger partial charge in [0.05, 0.1) is 18.1 Å². The predicted octanol–water partition coefficient (Wildman–Crippen LogP) is 5.02. The van der Waals surface area contributed by atoms with Crippen LogP contribution in [-0.2, 0) is 9.47 Å². The van der Waals surface area contributed by atoms with Gasteiger partial charge in [0.1, 0.15) is 28.0 Å². The molecule has 1 N–H and O–H groups in total. The first-order valence-corrected chi connectivity index (χ1v) is 10.8. The Hall–Kier alpha value is -3.00. The molecule has 0 amide bonds. The minimum Gasteiger partial charge on any atom is -0.465 e. The number of rotatable bonds is 5. The van der Waals surface area contributed by atoms with E-state index in [0.717, 1.165) is 36.6 Å². The monoisotopic (exact) mass is 425 g/mol. The summed E-state index contributed by atoms with van der Waals surface area (Å²) in [6, 6.07) is 6.97. The Balaban J connectivity index is 1.62. The van der Waals surface area contributed by atoms with E-state index >= 15 is 0 Å². The molecule has 0 bridgehead atoms. The van der Waals surface area contributed by atoms with Gasteiger partial charge in [0.15, 0.2) is 0 Å². The molecule has 1 aromatic carbocycles. The SMILES string of the molecule is COC(=O)c1cccc(Nc2ncnc3sc(C(=O)OC4CCCCC4)c(C)c23)c1. The number of hydrogen-bond donors (Lipinski definition) is 1. The molecule has 1 saturated carbocycles. The smallest absolute Gasteiger partial charge is 0.348 e. The number of nitrogens with zero attached hydrogens (tertiary/aromatic N) is 2. The summed E-state index contributed by atoms with van der Waals surface area (Å²) in [5.41, 5.74) is 1.92. The van der Waals surface area contributed by atoms with Crippen molar-refractivity contribution in [1.29, 1.82) is 0 Å². The second kappa shape index (κ2) is 8.79. The fourth-order valence-electron chi connectivity index (χ4n) is 3.73. The summed E-state index contributed by atoms with van der Waals surface area (Å²) >= 11 is 1.32. The van der Waals surface area contributed by atoms with E-state index in [2.05, 4.69) is 15.3 Å². The van der Waals surface area contributed by atoms with Crippen LogP contribution in [0.1, 0.15) is 57.7 Å². The highest BCUT2D eigenvalue weighted by Crippen LogP contribution is 2.35. The second-order valence-electron chi connectivity index (χ2n) is 7.32. The summed E-state index contributed by atoms with van der Waals surface area (Å²) < 4.78 is 10.5. The highest BCUT2D eigenvalue weighted by Gasteiger charge is 2.24. The first kappa shape index (κ1) is 20.3. The number of ether oxygens (including phenoxy) is 2. The zero-order chi connectivity index (χ0) is 21.1. The van der Waals surface area contributed by atoms with Crippen LogP contribution in [0, 0.1) is 6.92 Å². The van der Waals surface area contributed by atoms with Crippen LogP contribution in [0.4, 0.5) is 11.5 Å². The van der Waals surface area contributed by atoms with Crippen LogP contribution in [0.3, 0.4) is 0 Å². The van der Waals surface area contributed by atoms with Crippen molar-refractivity contribution in [3.8, 4) is 0 Å². The van der Waals surface area contributed by atoms with Gasteiger partial charge in [0, 0.05) is 5.69 Å². The molecule has 0 radical (unpaired) electrons. The molecule has 0 unspecified atom stereocenters. The van der Waals surface area contributed by atoms with Crippen LogP contribution in [-0.4, -0.2) is 35.1 Å². The molecule has 156 valence electrons. The van der Waals surface area contributed by atoms with E-state index in [4.69, 9.17) is 9.47 Å². The lowest BCUT2D eigenvalue weighted by Gasteiger charge is -2.21. The van der Waals surface area contributed by atoms with E-state index in [1.807, 2.05) is 13.0 Å². The first-order valence-electron chi connectivity index (χ1n) is 9.97. The van der Waals surface area contributed by atoms with E-state index in [9.17, 15) is 9.59 Å². The number of aryl methyl sites for hydroxylation is 1. The van der Waals surface area contributed by atoms with E-state index < -0.39 is 5.97 Å². The van der Waals surface area contributed by atoms with Crippen LogP contribution in [0.15, 0.2) is 30.6 Å². The number of hydrogen-bond acceptors (Lipinski definition) is 8. The Kier molecular flexibility index (Phi) is 5.94. The van der Waals surface area contributed by atoms with Gasteiger partial charge < -0.3 is 14.8 Å². The minimum atomic E-state index is -0.411. The van der Waals surface area contributed by atoms with Crippen molar-refractivity contribution in [3.63, 3.8) is 0 Å². The quantitative estimate of drug-likeness (QED) is 0.574. The summed E-state index contributed by atoms with van der Waals surface area (Å²) in [5, 5.41) is 4.02. The Bertz CT molecular complexity index is 1090. The lowest BCUT2D eigenvalue weighted by molar-refractivity contribution is 0.0216. The largest absolute Gasteiger partial charge is 0.465 e. The molecule has 1 fully saturated rings. The fourth-order valence-corrected chi connectivity index (χ4v) is 4.76. The average Bonchev–Trinajstić information content (AvgIpc) is 3.12. The molecule has 7 nitrogen and oxygen atoms in total. The number of aromatic nitrogens is 2. The average molecular weight is 426 g/mol. The third-order valence-electron chi connectivity index (χ3n) is 5.28. The van der Waals surface area contributed by atoms with Crippen LogP contribution < -0.4 is 5.32 Å². The maximum Gasteiger partial charge on any atom is 0.348 e. The number of thiophene rings is 1. The molecule has 0 aliphatic heterocycles. The van der Waals surface area contributed by atoms with Crippen molar-refractivity contribution in [3.05, 3.63) is 46.6 Å². The third-order valence-corrected chi connectivity index (χ3v) is 6.46. The molecule has 3 aromatic rings. The maximum atomic E-state index is 12.8. The topological polar surface area (TPSA) is 90.4 Å². The van der Waals surface area contributed by atoms with Crippen LogP contribution >= 0.6 is 11.3 Å². The molecular weight excluding hydrogens is 402 g/mol. The Morgan fingerprint density at radius 1 is 1.13 bits per heavy atom. The van der Waals surface area contributed by atoms with Gasteiger partial charge in [-0.05, 0) is 56.4 Å². The normalized spacial score (nSPS) is 14.5. The zero-order valence-corrected chi connectivity index (χ0v) is 17.8. The number of esters is 2. The van der Waals surface area contributed by atoms with Crippen molar-refractivity contribution in [2.24, 2.45) is 0 Å². The Morgan fingerprint density at radius 2 is 1.93 bits per heavy atom. The highest BCUT2D eigenvalue weighted by atomic mass is 32.1. The molecule has 0 saturated heterocycles. The number of carbonyl (C=O) groups is 2. The molecule has 1 aliphatic carbocycles. The Labute approximate surface area is 178 Å². The standard InChI is InChI=1S/C22H23N3O4S/c1-13-17-19(25-15-8-6-7-14(11-15)21(26)28-2)23-12-24-20(17)30-18(13)22(27)29-16-9-4-3-5-10-16/h6-8,11-12,16H,3-5,9-10H2,1-2H3,(H,23,24,25). The van der Waals surface area contributed by atoms with Crippen LogP contribution in [0.25, 0.3) is 10.2 Å². The minimum absolute atomic E-state index is 0.000558. The fraction of sp³-hybridized carbons (Fsp3) is 0.364. The second-order valence-corrected chi connectivity index (χ2v) is 8.32. The predicted molar refractivity (Wildman–Crippen MR) is 116 cm³/mol. The molecule has 2 heterocycles. The van der Waals surface area contributed by atoms with E-state index in [1.54, 1.807) is 18.2 Å². The van der Waals surface area contributed by atoms with Gasteiger partial charge in [-0.1, -0.05) is 12.5 Å². The number of benzene rings is 1. The zero-order valence-electron chi connectivity index (χ0n) is 16.9. The number of anilines is 2. The number of methoxy groups -OCH3 is 1. The third kappa shape index (κ3) is 4.14. The van der Waals surface area contributed by atoms with Gasteiger partial charge in [-0.2, -0.15) is 0 Å². The van der Waals surface area contributed by atoms with Crippen LogP contribution in [0.5, 0.6) is 0 Å². The van der Waals surface area contributed by atoms with Crippen molar-refractivity contribution in [2.75, 3.05) is 12.4 Å². The summed E-state index contributed by atoms with van der Waals surface area (Å²) in [6.07, 6.45) is 6.73. The summed E-state index contributed by atoms with van der Waals surface area (Å²) in [4.78, 5) is 34.6. The van der Waals surface area contributed by atoms with Crippen LogP contribution in [0.2, 0.25) is 0 Å². The van der Waals surface area contributed by atoms with E-state index in [0.29, 0.717) is 26.8 Å². The molecular formula is C22H23N3O4S. The maximum absolute atomic E-state index is 12.8. The van der Waals surface area contributed by atoms with E-state index in [-0.39, 0.29) is 12.1 Å². The number of carbonyl (C=O) groups excluding carboxylic acids is 2. The molecule has 4 rings (SSSR count). The summed E-state index contributed by atoms with van der Waals surface area (Å²) in [5.74, 6) is -0.125. The highest BCUT2D eigenvalue weighted by molar-refractivity contribution is 7.20. The molecule has 0 spiro atoms. The van der Waals surface area contributed by atoms with Gasteiger partial charge in [0.25, 0.3) is 0 Å². The first-order chi connectivity index (χ1) is 14.6. The van der Waals surface area contributed by atoms with Gasteiger partial charge in [-0.25, -0.2) is 19.6 Å². The lowest BCUT2D eigenvalue weighted by atomic mass is 9.98. The van der Waals surface area contributed by atoms with Crippen molar-refractivity contribution in [1.82, 2.24) is 9.97 Å². The van der Waals surface area contributed by atoms with Gasteiger partial charge in [0.2, 0.25) is 0 Å². The lowest BCUT2D eigenvalue weighted by Crippen LogP contribution is -2.20. The molecule has 2 aromatic heterocycles. The summed E-state index contributed by atoms with van der Waals surface area (Å²) in [7, 11) is 1.35. The van der Waals surface area contributed by atoms with Crippen molar-refractivity contribution >= 4 is 45.0 Å². The van der Waals surface area contributed by atoms with Gasteiger partial charge in [-0.15, -0.1) is 11.3 Å². The Morgan fingerprint density at radius 3 is 2.70 bits per heavy atom. The van der Waals surface area contributed by atoms with Crippen molar-refractivity contribution < 1.29 is 19.1 Å². The molecule has 0 atom stereocenters. The molecule has 1 aliphatic rings. The summed E-state index contributed by atoms with van der Waals surface area (Å²) in [6.45, 7) is 1.88. The van der Waals surface area contributed by atoms with Crippen molar-refractivity contribution in [2.45, 2.75) is 45.1 Å². The van der Waals surface area contributed by atoms with Gasteiger partial charge >= 0.3 is 11.9 Å².